The van der Waals surface area contributed by atoms with E-state index < -0.39 is 9.04 Å². The van der Waals surface area contributed by atoms with Crippen molar-refractivity contribution in [1.82, 2.24) is 0 Å². The van der Waals surface area contributed by atoms with Crippen molar-refractivity contribution in [1.29, 1.82) is 0 Å². The average Bonchev–Trinajstić information content (AvgIpc) is 1.97. The summed E-state index contributed by atoms with van der Waals surface area (Å²) in [4.78, 5) is 0. The molecular weight excluding hydrogens is 152 g/mol. The smallest absolute Gasteiger partial charge is 0.205 e. The molecule has 0 saturated heterocycles. The predicted molar refractivity (Wildman–Crippen MR) is 52.2 cm³/mol. The highest BCUT2D eigenvalue weighted by Crippen LogP contribution is 2.09. The molecule has 0 bridgehead atoms. The fourth-order valence-electron chi connectivity index (χ4n) is 1.11. The van der Waals surface area contributed by atoms with E-state index in [4.69, 9.17) is 4.43 Å². The Kier molecular flexibility index (Phi) is 6.97. The first-order valence-corrected chi connectivity index (χ1v) is 7.08. The van der Waals surface area contributed by atoms with Crippen LogP contribution in [0.1, 0.15) is 39.5 Å². The summed E-state index contributed by atoms with van der Waals surface area (Å²) < 4.78 is 5.80. The largest absolute Gasteiger partial charge is 0.414 e. The van der Waals surface area contributed by atoms with Crippen LogP contribution in [0.15, 0.2) is 0 Å². The van der Waals surface area contributed by atoms with Crippen molar-refractivity contribution in [2.75, 3.05) is 0 Å². The van der Waals surface area contributed by atoms with E-state index in [0.717, 1.165) is 0 Å². The van der Waals surface area contributed by atoms with Gasteiger partial charge in [0, 0.05) is 6.10 Å². The molecule has 0 rings (SSSR count). The van der Waals surface area contributed by atoms with E-state index in [0.29, 0.717) is 6.10 Å². The molecule has 0 aromatic heterocycles. The molecule has 0 spiro atoms. The maximum absolute atomic E-state index is 5.80. The fourth-order valence-corrected chi connectivity index (χ4v) is 2.06. The van der Waals surface area contributed by atoms with Crippen LogP contribution in [-0.2, 0) is 4.43 Å². The molecule has 67 valence electrons. The van der Waals surface area contributed by atoms with Gasteiger partial charge in [-0.2, -0.15) is 0 Å². The van der Waals surface area contributed by atoms with Gasteiger partial charge in [0.05, 0.1) is 0 Å². The van der Waals surface area contributed by atoms with E-state index in [2.05, 4.69) is 26.9 Å². The molecule has 0 heterocycles. The van der Waals surface area contributed by atoms with Gasteiger partial charge in [-0.1, -0.05) is 26.7 Å². The Morgan fingerprint density at radius 1 is 1.27 bits per heavy atom. The minimum absolute atomic E-state index is 0.475. The van der Waals surface area contributed by atoms with Gasteiger partial charge in [0.25, 0.3) is 0 Å². The van der Waals surface area contributed by atoms with Crippen molar-refractivity contribution in [3.63, 3.8) is 0 Å². The van der Waals surface area contributed by atoms with Gasteiger partial charge in [0.1, 0.15) is 0 Å². The molecule has 1 nitrogen and oxygen atoms in total. The van der Waals surface area contributed by atoms with E-state index in [1.165, 1.54) is 25.7 Å². The van der Waals surface area contributed by atoms with Crippen LogP contribution in [-0.4, -0.2) is 15.1 Å². The van der Waals surface area contributed by atoms with E-state index in [1.807, 2.05) is 0 Å². The Balaban J connectivity index is 3.41. The predicted octanol–water partition coefficient (Wildman–Crippen LogP) is 3.22. The third-order valence-corrected chi connectivity index (χ3v) is 2.54. The van der Waals surface area contributed by atoms with Crippen molar-refractivity contribution >= 4 is 9.04 Å². The summed E-state index contributed by atoms with van der Waals surface area (Å²) in [5.74, 6) is 0. The summed E-state index contributed by atoms with van der Waals surface area (Å²) in [7, 11) is -0.475. The van der Waals surface area contributed by atoms with Gasteiger partial charge in [-0.25, -0.2) is 0 Å². The van der Waals surface area contributed by atoms with E-state index >= 15 is 0 Å². The molecule has 0 aliphatic carbocycles. The van der Waals surface area contributed by atoms with Crippen LogP contribution in [0.5, 0.6) is 0 Å². The second-order valence-corrected chi connectivity index (χ2v) is 5.25. The summed E-state index contributed by atoms with van der Waals surface area (Å²) in [6.45, 7) is 8.86. The minimum Gasteiger partial charge on any atom is -0.414 e. The molecular formula is C9H21OSi. The normalized spacial score (nSPS) is 13.9. The number of hydrogen-bond acceptors (Lipinski definition) is 1. The third kappa shape index (κ3) is 6.57. The molecule has 1 atom stereocenters. The topological polar surface area (TPSA) is 9.23 Å². The van der Waals surface area contributed by atoms with Gasteiger partial charge in [-0.15, -0.1) is 0 Å². The van der Waals surface area contributed by atoms with Gasteiger partial charge in [-0.3, -0.25) is 0 Å². The zero-order chi connectivity index (χ0) is 8.69. The van der Waals surface area contributed by atoms with Crippen molar-refractivity contribution in [2.24, 2.45) is 0 Å². The molecule has 0 aromatic rings. The lowest BCUT2D eigenvalue weighted by Crippen LogP contribution is -2.19. The van der Waals surface area contributed by atoms with Crippen molar-refractivity contribution in [3.8, 4) is 0 Å². The standard InChI is InChI=1S/C9H21OSi/c1-5-7-8-9(6-2)10-11(3)4/h9H,5-8H2,1-4H3. The maximum Gasteiger partial charge on any atom is 0.205 e. The van der Waals surface area contributed by atoms with Crippen LogP contribution in [0.2, 0.25) is 13.1 Å². The van der Waals surface area contributed by atoms with Crippen LogP contribution < -0.4 is 0 Å². The van der Waals surface area contributed by atoms with E-state index in [1.54, 1.807) is 0 Å². The Labute approximate surface area is 72.9 Å². The zero-order valence-electron chi connectivity index (χ0n) is 8.31. The lowest BCUT2D eigenvalue weighted by Gasteiger charge is -2.17. The summed E-state index contributed by atoms with van der Waals surface area (Å²) in [5, 5.41) is 0. The van der Waals surface area contributed by atoms with Crippen LogP contribution >= 0.6 is 0 Å². The number of rotatable bonds is 6. The molecule has 0 aromatic carbocycles. The fraction of sp³-hybridized carbons (Fsp3) is 1.00. The second kappa shape index (κ2) is 6.86. The summed E-state index contributed by atoms with van der Waals surface area (Å²) in [5.41, 5.74) is 0. The first-order chi connectivity index (χ1) is 5.20. The van der Waals surface area contributed by atoms with Crippen molar-refractivity contribution in [2.45, 2.75) is 58.7 Å². The SMILES string of the molecule is CCCCC(CC)O[Si](C)C. The van der Waals surface area contributed by atoms with E-state index in [-0.39, 0.29) is 0 Å². The lowest BCUT2D eigenvalue weighted by atomic mass is 10.1. The monoisotopic (exact) mass is 173 g/mol. The van der Waals surface area contributed by atoms with Crippen LogP contribution in [0, 0.1) is 0 Å². The Bertz CT molecular complexity index is 83.6. The first-order valence-electron chi connectivity index (χ1n) is 4.67. The molecule has 1 unspecified atom stereocenters. The summed E-state index contributed by atoms with van der Waals surface area (Å²) >= 11 is 0. The lowest BCUT2D eigenvalue weighted by molar-refractivity contribution is 0.186. The average molecular weight is 173 g/mol. The summed E-state index contributed by atoms with van der Waals surface area (Å²) in [6.07, 6.45) is 5.57. The highest BCUT2D eigenvalue weighted by atomic mass is 28.3. The second-order valence-electron chi connectivity index (χ2n) is 3.20. The maximum atomic E-state index is 5.80. The minimum atomic E-state index is -0.475. The van der Waals surface area contributed by atoms with Gasteiger partial charge >= 0.3 is 0 Å². The van der Waals surface area contributed by atoms with Crippen LogP contribution in [0.25, 0.3) is 0 Å². The van der Waals surface area contributed by atoms with Crippen LogP contribution in [0.3, 0.4) is 0 Å². The molecule has 11 heavy (non-hydrogen) atoms. The molecule has 0 saturated carbocycles. The zero-order valence-corrected chi connectivity index (χ0v) is 9.31. The van der Waals surface area contributed by atoms with Gasteiger partial charge < -0.3 is 4.43 Å². The Hall–Kier alpha value is 0.177. The number of hydrogen-bond donors (Lipinski definition) is 0. The van der Waals surface area contributed by atoms with Crippen molar-refractivity contribution in [3.05, 3.63) is 0 Å². The van der Waals surface area contributed by atoms with Crippen molar-refractivity contribution < 1.29 is 4.43 Å². The van der Waals surface area contributed by atoms with Gasteiger partial charge in [0.2, 0.25) is 9.04 Å². The molecule has 0 fully saturated rings. The van der Waals surface area contributed by atoms with E-state index in [9.17, 15) is 0 Å². The highest BCUT2D eigenvalue weighted by molar-refractivity contribution is 6.48. The van der Waals surface area contributed by atoms with Gasteiger partial charge in [0.15, 0.2) is 0 Å². The molecule has 0 amide bonds. The first kappa shape index (κ1) is 11.2. The molecule has 0 aliphatic rings. The molecule has 2 heteroatoms. The highest BCUT2D eigenvalue weighted by Gasteiger charge is 2.08. The summed E-state index contributed by atoms with van der Waals surface area (Å²) in [6, 6.07) is 0. The molecule has 1 radical (unpaired) electrons. The quantitative estimate of drug-likeness (QED) is 0.560. The number of unbranched alkanes of at least 4 members (excludes halogenated alkanes) is 1. The van der Waals surface area contributed by atoms with Crippen LogP contribution in [0.4, 0.5) is 0 Å². The molecule has 0 aliphatic heterocycles. The van der Waals surface area contributed by atoms with Gasteiger partial charge in [-0.05, 0) is 25.9 Å². The third-order valence-electron chi connectivity index (χ3n) is 1.74. The Morgan fingerprint density at radius 2 is 1.91 bits per heavy atom. The Morgan fingerprint density at radius 3 is 2.27 bits per heavy atom. The molecule has 0 N–H and O–H groups in total.